The number of rotatable bonds is 6. The average molecular weight is 500 g/mol. The summed E-state index contributed by atoms with van der Waals surface area (Å²) < 4.78 is 56.3. The molecule has 2 aromatic carbocycles. The van der Waals surface area contributed by atoms with Crippen molar-refractivity contribution in [2.45, 2.75) is 0 Å². The molecule has 0 aliphatic heterocycles. The van der Waals surface area contributed by atoms with Gasteiger partial charge in [0.1, 0.15) is 0 Å². The summed E-state index contributed by atoms with van der Waals surface area (Å²) in [6.07, 6.45) is 0. The Morgan fingerprint density at radius 2 is 0.879 bits per heavy atom. The summed E-state index contributed by atoms with van der Waals surface area (Å²) >= 11 is 0. The molecule has 2 aromatic rings. The fourth-order valence-corrected chi connectivity index (χ4v) is 2.22. The van der Waals surface area contributed by atoms with Crippen LogP contribution in [0.3, 0.4) is 0 Å². The van der Waals surface area contributed by atoms with Gasteiger partial charge in [-0.1, -0.05) is 0 Å². The van der Waals surface area contributed by atoms with E-state index in [2.05, 4.69) is 0 Å². The van der Waals surface area contributed by atoms with Crippen molar-refractivity contribution in [1.29, 1.82) is 0 Å². The molecule has 0 spiro atoms. The maximum absolute atomic E-state index is 12.3. The van der Waals surface area contributed by atoms with Gasteiger partial charge in [-0.05, 0) is 24.3 Å². The summed E-state index contributed by atoms with van der Waals surface area (Å²) in [7, 11) is 0.515. The molecule has 0 unspecified atom stereocenters. The molecule has 0 fully saturated rings. The van der Waals surface area contributed by atoms with E-state index in [9.17, 15) is 19.8 Å². The van der Waals surface area contributed by atoms with E-state index in [0.717, 1.165) is 0 Å². The standard InChI is InChI=1S/C18H18O9.Na.H2O4S.H/c1-23-11-5-9(6-12(24-2)15(11)19)17(21)27-18(22)10-7-13(25-3)16(20)14(8-10)26-4;;1-5(2,3)4;/h5-8,19-20H,1-4H3;;(H2,1,2,3,4);. The maximum atomic E-state index is 12.3. The number of hydrogen-bond donors (Lipinski definition) is 4. The quantitative estimate of drug-likeness (QED) is 0.189. The van der Waals surface area contributed by atoms with Crippen LogP contribution in [0.25, 0.3) is 0 Å². The average Bonchev–Trinajstić information content (AvgIpc) is 2.72. The van der Waals surface area contributed by atoms with Crippen LogP contribution in [-0.4, -0.2) is 97.7 Å². The van der Waals surface area contributed by atoms with Gasteiger partial charge in [0.25, 0.3) is 0 Å². The number of phenolic OH excluding ortho intramolecular Hbond substituents is 2. The van der Waals surface area contributed by atoms with E-state index in [1.165, 1.54) is 52.7 Å². The Bertz CT molecular complexity index is 969. The van der Waals surface area contributed by atoms with E-state index in [1.807, 2.05) is 0 Å². The first-order chi connectivity index (χ1) is 14.9. The van der Waals surface area contributed by atoms with E-state index in [0.29, 0.717) is 0 Å². The van der Waals surface area contributed by atoms with Crippen molar-refractivity contribution in [3.63, 3.8) is 0 Å². The third kappa shape index (κ3) is 8.95. The van der Waals surface area contributed by atoms with Crippen LogP contribution in [0.1, 0.15) is 20.7 Å². The number of carbonyl (C=O) groups is 2. The first-order valence-corrected chi connectivity index (χ1v) is 9.62. The van der Waals surface area contributed by atoms with Gasteiger partial charge in [-0.15, -0.1) is 0 Å². The zero-order chi connectivity index (χ0) is 24.6. The van der Waals surface area contributed by atoms with E-state index in [-0.39, 0.29) is 75.2 Å². The van der Waals surface area contributed by atoms with Crippen molar-refractivity contribution in [2.75, 3.05) is 28.4 Å². The Morgan fingerprint density at radius 3 is 1.06 bits per heavy atom. The van der Waals surface area contributed by atoms with Crippen LogP contribution in [0.5, 0.6) is 34.5 Å². The Kier molecular flexibility index (Phi) is 12.0. The molecule has 0 aliphatic carbocycles. The molecule has 2 rings (SSSR count). The van der Waals surface area contributed by atoms with Gasteiger partial charge in [0, 0.05) is 0 Å². The zero-order valence-electron chi connectivity index (χ0n) is 17.2. The predicted molar refractivity (Wildman–Crippen MR) is 113 cm³/mol. The number of ether oxygens (including phenoxy) is 5. The minimum absolute atomic E-state index is 0. The van der Waals surface area contributed by atoms with Crippen LogP contribution in [0.15, 0.2) is 24.3 Å². The Balaban J connectivity index is 0.00000154. The number of phenols is 2. The third-order valence-electron chi connectivity index (χ3n) is 3.62. The van der Waals surface area contributed by atoms with Crippen LogP contribution >= 0.6 is 0 Å². The van der Waals surface area contributed by atoms with Gasteiger partial charge in [0.05, 0.1) is 39.6 Å². The number of hydrogen-bond acceptors (Lipinski definition) is 11. The number of esters is 2. The van der Waals surface area contributed by atoms with E-state index >= 15 is 0 Å². The van der Waals surface area contributed by atoms with Crippen molar-refractivity contribution in [3.8, 4) is 34.5 Å². The molecule has 0 heterocycles. The van der Waals surface area contributed by atoms with Crippen molar-refractivity contribution in [2.24, 2.45) is 0 Å². The van der Waals surface area contributed by atoms with Crippen LogP contribution in [0.4, 0.5) is 0 Å². The van der Waals surface area contributed by atoms with E-state index in [4.69, 9.17) is 41.2 Å². The molecule has 0 radical (unpaired) electrons. The van der Waals surface area contributed by atoms with Gasteiger partial charge in [0.15, 0.2) is 23.0 Å². The molecule has 15 heteroatoms. The van der Waals surface area contributed by atoms with Gasteiger partial charge in [-0.3, -0.25) is 9.11 Å². The second-order valence-corrected chi connectivity index (χ2v) is 6.48. The summed E-state index contributed by atoms with van der Waals surface area (Å²) in [5.41, 5.74) is -0.153. The van der Waals surface area contributed by atoms with Gasteiger partial charge >= 0.3 is 51.9 Å². The predicted octanol–water partition coefficient (Wildman–Crippen LogP) is 0.828. The van der Waals surface area contributed by atoms with Crippen LogP contribution in [-0.2, 0) is 15.1 Å². The Hall–Kier alpha value is -2.75. The normalized spacial score (nSPS) is 10.0. The second-order valence-electron chi connectivity index (χ2n) is 5.58. The van der Waals surface area contributed by atoms with Gasteiger partial charge < -0.3 is 33.9 Å². The number of carbonyl (C=O) groups excluding carboxylic acids is 2. The summed E-state index contributed by atoms with van der Waals surface area (Å²) in [4.78, 5) is 24.6. The fraction of sp³-hybridized carbons (Fsp3) is 0.222. The molecule has 0 saturated heterocycles. The van der Waals surface area contributed by atoms with Crippen LogP contribution < -0.4 is 18.9 Å². The summed E-state index contributed by atoms with van der Waals surface area (Å²) in [6.45, 7) is 0. The summed E-state index contributed by atoms with van der Waals surface area (Å²) in [5.74, 6) is -2.69. The summed E-state index contributed by atoms with van der Waals surface area (Å²) in [6, 6.07) is 4.80. The third-order valence-corrected chi connectivity index (χ3v) is 3.62. The molecule has 13 nitrogen and oxygen atoms in total. The Morgan fingerprint density at radius 1 is 0.667 bits per heavy atom. The monoisotopic (exact) mass is 500 g/mol. The molecule has 0 saturated carbocycles. The van der Waals surface area contributed by atoms with Crippen LogP contribution in [0.2, 0.25) is 0 Å². The molecule has 33 heavy (non-hydrogen) atoms. The Labute approximate surface area is 210 Å². The number of benzene rings is 2. The first-order valence-electron chi connectivity index (χ1n) is 8.22. The zero-order valence-corrected chi connectivity index (χ0v) is 18.0. The van der Waals surface area contributed by atoms with Gasteiger partial charge in [0.2, 0.25) is 11.5 Å². The molecule has 0 amide bonds. The number of aromatic hydroxyl groups is 2. The van der Waals surface area contributed by atoms with Gasteiger partial charge in [-0.25, -0.2) is 9.59 Å². The number of methoxy groups -OCH3 is 4. The molecule has 0 bridgehead atoms. The van der Waals surface area contributed by atoms with E-state index in [1.54, 1.807) is 0 Å². The molecule has 0 aromatic heterocycles. The molecule has 4 N–H and O–H groups in total. The molecule has 178 valence electrons. The van der Waals surface area contributed by atoms with Crippen molar-refractivity contribution < 1.29 is 61.0 Å². The fourth-order valence-electron chi connectivity index (χ4n) is 2.22. The molecular weight excluding hydrogens is 479 g/mol. The molecule has 0 atom stereocenters. The minimum atomic E-state index is -4.67. The van der Waals surface area contributed by atoms with Crippen LogP contribution in [0, 0.1) is 0 Å². The van der Waals surface area contributed by atoms with Crippen molar-refractivity contribution >= 4 is 51.9 Å². The molecule has 0 aliphatic rings. The second kappa shape index (κ2) is 13.1. The molecular formula is C18H21NaO13S. The first kappa shape index (κ1) is 30.2. The van der Waals surface area contributed by atoms with Crippen molar-refractivity contribution in [1.82, 2.24) is 0 Å². The van der Waals surface area contributed by atoms with Crippen molar-refractivity contribution in [3.05, 3.63) is 35.4 Å². The van der Waals surface area contributed by atoms with E-state index < -0.39 is 22.3 Å². The summed E-state index contributed by atoms with van der Waals surface area (Å²) in [5, 5.41) is 19.8. The topological polar surface area (TPSA) is 195 Å². The van der Waals surface area contributed by atoms with Gasteiger partial charge in [-0.2, -0.15) is 8.42 Å². The SMILES string of the molecule is COc1cc(C(=O)OC(=O)c2cc(OC)c(O)c(OC)c2)cc(OC)c1O.O=S(=O)(O)O.[NaH].